The van der Waals surface area contributed by atoms with E-state index in [1.165, 1.54) is 6.92 Å². The first-order valence-corrected chi connectivity index (χ1v) is 30.1. The molecule has 9 fully saturated rings. The lowest BCUT2D eigenvalue weighted by Crippen LogP contribution is -2.67. The fourth-order valence-electron chi connectivity index (χ4n) is 17.1. The van der Waals surface area contributed by atoms with E-state index in [1.54, 1.807) is 0 Å². The number of carboxylic acids is 1. The Morgan fingerprint density at radius 1 is 0.628 bits per heavy atom. The summed E-state index contributed by atoms with van der Waals surface area (Å²) in [5.41, 5.74) is -1.24. The third-order valence-electron chi connectivity index (χ3n) is 22.6. The topological polar surface area (TPSA) is 450 Å². The molecule has 0 aromatic heterocycles. The number of carboxylic acid groups (broad SMARTS) is 1. The normalized spacial score (nSPS) is 54.1. The molecule has 0 aromatic carbocycles. The van der Waals surface area contributed by atoms with Crippen LogP contribution in [0.15, 0.2) is 23.8 Å². The van der Waals surface area contributed by atoms with Crippen LogP contribution in [0.25, 0.3) is 0 Å². The van der Waals surface area contributed by atoms with Crippen molar-refractivity contribution in [3.05, 3.63) is 23.8 Å². The molecule has 28 heteroatoms. The van der Waals surface area contributed by atoms with Gasteiger partial charge in [0.1, 0.15) is 104 Å². The van der Waals surface area contributed by atoms with E-state index in [4.69, 9.17) is 47.4 Å². The van der Waals surface area contributed by atoms with Crippen LogP contribution < -0.4 is 0 Å². The Morgan fingerprint density at radius 3 is 1.93 bits per heavy atom. The van der Waals surface area contributed by atoms with Crippen molar-refractivity contribution in [2.75, 3.05) is 26.4 Å². The van der Waals surface area contributed by atoms with Crippen LogP contribution in [0.5, 0.6) is 0 Å². The monoisotopic (exact) mass is 1230 g/mol. The van der Waals surface area contributed by atoms with Gasteiger partial charge in [-0.2, -0.15) is 0 Å². The minimum Gasteiger partial charge on any atom is -0.479 e. The molecular weight excluding hydrogens is 1140 g/mol. The van der Waals surface area contributed by atoms with Crippen molar-refractivity contribution in [2.24, 2.45) is 44.8 Å². The molecule has 10 aliphatic rings. The average molecular weight is 1240 g/mol. The van der Waals surface area contributed by atoms with Gasteiger partial charge < -0.3 is 129 Å². The maximum absolute atomic E-state index is 15.1. The van der Waals surface area contributed by atoms with Crippen molar-refractivity contribution in [3.8, 4) is 0 Å². The maximum atomic E-state index is 15.1. The van der Waals surface area contributed by atoms with E-state index < -0.39 is 200 Å². The Hall–Kier alpha value is -2.54. The molecule has 16 N–H and O–H groups in total. The number of aliphatic hydroxyl groups is 15. The molecule has 0 unspecified atom stereocenters. The summed E-state index contributed by atoms with van der Waals surface area (Å²) in [7, 11) is 0. The van der Waals surface area contributed by atoms with E-state index in [2.05, 4.69) is 33.4 Å². The number of hydrogen-bond donors (Lipinski definition) is 16. The van der Waals surface area contributed by atoms with Crippen LogP contribution in [0.4, 0.5) is 0 Å². The molecule has 0 bridgehead atoms. The second-order valence-corrected chi connectivity index (χ2v) is 27.1. The van der Waals surface area contributed by atoms with Gasteiger partial charge in [0.25, 0.3) is 0 Å². The molecular formula is C58H90O28. The van der Waals surface area contributed by atoms with Gasteiger partial charge in [-0.25, -0.2) is 4.79 Å². The summed E-state index contributed by atoms with van der Waals surface area (Å²) < 4.78 is 58.6. The number of ether oxygens (including phenoxy) is 10. The van der Waals surface area contributed by atoms with Gasteiger partial charge in [0, 0.05) is 11.3 Å². The van der Waals surface area contributed by atoms with Crippen molar-refractivity contribution in [3.63, 3.8) is 0 Å². The lowest BCUT2D eigenvalue weighted by molar-refractivity contribution is -0.365. The van der Waals surface area contributed by atoms with E-state index >= 15 is 4.79 Å². The molecule has 5 aliphatic heterocycles. The smallest absolute Gasteiger partial charge is 0.335 e. The summed E-state index contributed by atoms with van der Waals surface area (Å²) in [5.74, 6) is -2.81. The van der Waals surface area contributed by atoms with Gasteiger partial charge in [0.05, 0.1) is 44.1 Å². The quantitative estimate of drug-likeness (QED) is 0.0448. The number of hydrogen-bond acceptors (Lipinski definition) is 27. The Balaban J connectivity index is 0.825. The van der Waals surface area contributed by atoms with Crippen molar-refractivity contribution < 1.29 is 139 Å². The number of allylic oxidation sites excluding steroid dienone is 3. The molecule has 28 nitrogen and oxygen atoms in total. The lowest BCUT2D eigenvalue weighted by atomic mass is 9.34. The lowest BCUT2D eigenvalue weighted by Gasteiger charge is -2.71. The van der Waals surface area contributed by atoms with Crippen molar-refractivity contribution in [1.82, 2.24) is 0 Å². The number of carbonyl (C=O) groups excluding carboxylic acids is 1. The van der Waals surface area contributed by atoms with Gasteiger partial charge in [0.2, 0.25) is 6.29 Å². The second kappa shape index (κ2) is 24.8. The number of carbonyl (C=O) groups is 2. The van der Waals surface area contributed by atoms with Crippen LogP contribution in [0.3, 0.4) is 0 Å². The van der Waals surface area contributed by atoms with Crippen LogP contribution in [-0.4, -0.2) is 274 Å². The zero-order valence-electron chi connectivity index (χ0n) is 48.9. The number of aliphatic carboxylic acids is 1. The molecule has 0 spiro atoms. The summed E-state index contributed by atoms with van der Waals surface area (Å²) in [6.45, 7) is 12.4. The maximum Gasteiger partial charge on any atom is 0.335 e. The van der Waals surface area contributed by atoms with Crippen LogP contribution in [0.2, 0.25) is 0 Å². The van der Waals surface area contributed by atoms with Gasteiger partial charge >= 0.3 is 11.9 Å². The van der Waals surface area contributed by atoms with E-state index in [1.807, 2.05) is 6.92 Å². The first-order chi connectivity index (χ1) is 40.4. The van der Waals surface area contributed by atoms with Crippen LogP contribution in [0, 0.1) is 44.8 Å². The molecule has 5 saturated heterocycles. The Kier molecular flexibility index (Phi) is 19.2. The molecule has 5 heterocycles. The molecule has 4 saturated carbocycles. The Labute approximate surface area is 496 Å². The number of aliphatic hydroxyl groups excluding tert-OH is 15. The highest BCUT2D eigenvalue weighted by Crippen LogP contribution is 2.75. The number of fused-ring (bicyclic) bond motifs is 7. The summed E-state index contributed by atoms with van der Waals surface area (Å²) in [4.78, 5) is 27.0. The molecule has 490 valence electrons. The van der Waals surface area contributed by atoms with Crippen molar-refractivity contribution >= 4 is 11.9 Å². The van der Waals surface area contributed by atoms with Crippen molar-refractivity contribution in [2.45, 2.75) is 252 Å². The fourth-order valence-corrected chi connectivity index (χ4v) is 17.1. The SMILES string of the molecule is C=C1CC[C@]2(C(=O)O[C@@H]3O[C@H](CO[C@@H]4O[C@H](CO)[C@@H](O[C@@H]5O[C@@H](C)[C@H](O)[C@@H](O)[C@H]5O)[C@H](O)[C@H]4O)[C@@H](O)[C@H](O)[C@H]3O)CC[C@]3(C)C(=CC[C@@H]4[C@@]5(C)CC[C@H](O[C@@H]6OC[C@H](O)[C@H](O)[C@H]6O[C@@H]6O[C@H](C(=O)O)[C@@H](O)[C@H](O)[C@H]6O)[C@@](C)(CO)[C@@H]5CC[C@]43C)[C@@H]2C1. The van der Waals surface area contributed by atoms with E-state index in [9.17, 15) is 86.5 Å². The Morgan fingerprint density at radius 2 is 1.26 bits per heavy atom. The van der Waals surface area contributed by atoms with Crippen molar-refractivity contribution in [1.29, 1.82) is 0 Å². The van der Waals surface area contributed by atoms with Crippen LogP contribution >= 0.6 is 0 Å². The van der Waals surface area contributed by atoms with E-state index in [-0.39, 0.29) is 36.4 Å². The first kappa shape index (κ1) is 66.4. The van der Waals surface area contributed by atoms with E-state index in [0.29, 0.717) is 64.2 Å². The van der Waals surface area contributed by atoms with Crippen LogP contribution in [0.1, 0.15) is 98.8 Å². The number of rotatable bonds is 14. The predicted molar refractivity (Wildman–Crippen MR) is 285 cm³/mol. The molecule has 5 aliphatic carbocycles. The second-order valence-electron chi connectivity index (χ2n) is 27.1. The molecule has 86 heavy (non-hydrogen) atoms. The summed E-state index contributed by atoms with van der Waals surface area (Å²) in [6, 6.07) is 0. The zero-order chi connectivity index (χ0) is 62.7. The molecule has 0 amide bonds. The highest BCUT2D eigenvalue weighted by molar-refractivity contribution is 5.79. The molecule has 0 radical (unpaired) electrons. The first-order valence-electron chi connectivity index (χ1n) is 30.1. The van der Waals surface area contributed by atoms with Gasteiger partial charge in [-0.05, 0) is 99.2 Å². The van der Waals surface area contributed by atoms with Gasteiger partial charge in [-0.3, -0.25) is 4.79 Å². The minimum absolute atomic E-state index is 0.0545. The zero-order valence-corrected chi connectivity index (χ0v) is 48.9. The van der Waals surface area contributed by atoms with Gasteiger partial charge in [-0.15, -0.1) is 0 Å². The van der Waals surface area contributed by atoms with Crippen LogP contribution in [-0.2, 0) is 57.0 Å². The van der Waals surface area contributed by atoms with Gasteiger partial charge in [0.15, 0.2) is 31.3 Å². The molecule has 0 aromatic rings. The fraction of sp³-hybridized carbons (Fsp3) is 0.897. The summed E-state index contributed by atoms with van der Waals surface area (Å²) in [5, 5.41) is 172. The van der Waals surface area contributed by atoms with Gasteiger partial charge in [-0.1, -0.05) is 51.5 Å². The predicted octanol–water partition coefficient (Wildman–Crippen LogP) is -3.95. The summed E-state index contributed by atoms with van der Waals surface area (Å²) in [6.07, 6.45) is -34.4. The third-order valence-corrected chi connectivity index (χ3v) is 22.6. The highest BCUT2D eigenvalue weighted by Gasteiger charge is 2.70. The summed E-state index contributed by atoms with van der Waals surface area (Å²) >= 11 is 0. The molecule has 33 atom stereocenters. The minimum atomic E-state index is -2.01. The number of esters is 1. The highest BCUT2D eigenvalue weighted by atomic mass is 16.8. The molecule has 10 rings (SSSR count). The standard InChI is InChI=1S/C58H90O28/c1-22-9-14-58(53(76)86-50-41(71)36(66)34(64)28(81-50)20-78-48-43(73)39(69)44(27(18-59)80-48)83-49-40(70)35(65)32(62)23(2)79-49)16-15-56(5)24(25(58)17-22)7-8-30-54(3)12-11-31(55(4,21-60)29(54)10-13-57(30,56)6)82-52-46(33(63)26(61)19-77-52)85-51-42(72)37(67)38(68)45(84-51)47(74)75/h7,23,25-46,48-52,59-73H,1,8-21H2,2-6H3,(H,74,75)/t23-,25-,26-,27+,28+,29+,30+,31-,32-,33-,34+,35+,36-,37-,38-,39+,40+,41+,42+,43+,44+,45-,46+,48+,49-,50-,51-,52-,54-,55-,56+,57+,58-/m0/s1. The van der Waals surface area contributed by atoms with E-state index in [0.717, 1.165) is 11.1 Å². The average Bonchev–Trinajstić information content (AvgIpc) is 1.42. The largest absolute Gasteiger partial charge is 0.479 e. The Bertz CT molecular complexity index is 2470. The third kappa shape index (κ3) is 10.9.